The van der Waals surface area contributed by atoms with Crippen molar-refractivity contribution in [1.82, 2.24) is 19.6 Å². The fraction of sp³-hybridized carbons (Fsp3) is 0.0952. The molecule has 3 aromatic heterocycles. The van der Waals surface area contributed by atoms with Crippen LogP contribution in [0.25, 0.3) is 16.9 Å². The number of benzene rings is 1. The molecule has 10 heteroatoms. The van der Waals surface area contributed by atoms with Crippen LogP contribution in [0.5, 0.6) is 5.88 Å². The molecule has 0 bridgehead atoms. The summed E-state index contributed by atoms with van der Waals surface area (Å²) in [6.45, 7) is 1.70. The molecule has 0 aliphatic carbocycles. The van der Waals surface area contributed by atoms with Crippen molar-refractivity contribution in [1.29, 1.82) is 0 Å². The van der Waals surface area contributed by atoms with Crippen molar-refractivity contribution in [3.05, 3.63) is 66.6 Å². The van der Waals surface area contributed by atoms with Gasteiger partial charge in [-0.1, -0.05) is 33.1 Å². The predicted molar refractivity (Wildman–Crippen MR) is 113 cm³/mol. The topological polar surface area (TPSA) is 89.7 Å². The number of methoxy groups -OCH3 is 1. The summed E-state index contributed by atoms with van der Waals surface area (Å²) in [5, 5.41) is 4.48. The van der Waals surface area contributed by atoms with Crippen LogP contribution in [-0.2, 0) is 10.0 Å². The highest BCUT2D eigenvalue weighted by Crippen LogP contribution is 2.34. The summed E-state index contributed by atoms with van der Waals surface area (Å²) in [6, 6.07) is 12.0. The van der Waals surface area contributed by atoms with E-state index in [9.17, 15) is 8.42 Å². The van der Waals surface area contributed by atoms with Gasteiger partial charge in [-0.25, -0.2) is 14.5 Å². The summed E-state index contributed by atoms with van der Waals surface area (Å²) in [5.41, 5.74) is 1.60. The molecule has 0 saturated heterocycles. The number of hydrogen-bond acceptors (Lipinski definition) is 6. The first kappa shape index (κ1) is 20.3. The zero-order valence-electron chi connectivity index (χ0n) is 16.5. The Hall–Kier alpha value is -3.97. The fourth-order valence-electron chi connectivity index (χ4n) is 2.92. The molecule has 0 N–H and O–H groups in total. The molecule has 0 spiro atoms. The van der Waals surface area contributed by atoms with Crippen LogP contribution in [0.2, 0.25) is 0 Å². The van der Waals surface area contributed by atoms with Gasteiger partial charge in [-0.3, -0.25) is 0 Å². The Labute approximate surface area is 177 Å². The van der Waals surface area contributed by atoms with Crippen molar-refractivity contribution in [2.75, 3.05) is 11.6 Å². The van der Waals surface area contributed by atoms with Crippen LogP contribution in [0.1, 0.15) is 12.6 Å². The van der Waals surface area contributed by atoms with Crippen molar-refractivity contribution >= 4 is 21.4 Å². The first-order valence-corrected chi connectivity index (χ1v) is 10.5. The maximum Gasteiger partial charge on any atom is 0.290 e. The first-order valence-electron chi connectivity index (χ1n) is 9.04. The van der Waals surface area contributed by atoms with Crippen LogP contribution >= 0.6 is 0 Å². The molecule has 0 saturated carbocycles. The zero-order valence-corrected chi connectivity index (χ0v) is 17.3. The third-order valence-electron chi connectivity index (χ3n) is 4.38. The lowest BCUT2D eigenvalue weighted by Crippen LogP contribution is -2.23. The van der Waals surface area contributed by atoms with E-state index in [0.717, 1.165) is 0 Å². The molecule has 0 amide bonds. The second-order valence-electron chi connectivity index (χ2n) is 6.29. The second-order valence-corrected chi connectivity index (χ2v) is 8.03. The van der Waals surface area contributed by atoms with Crippen LogP contribution < -0.4 is 9.26 Å². The van der Waals surface area contributed by atoms with E-state index in [1.54, 1.807) is 35.8 Å². The molecular weight excluding hydrogens is 421 g/mol. The second kappa shape index (κ2) is 8.04. The highest BCUT2D eigenvalue weighted by atomic mass is 32.2. The number of sulfonamides is 1. The Kier molecular flexibility index (Phi) is 5.27. The molecule has 156 valence electrons. The molecule has 31 heavy (non-hydrogen) atoms. The van der Waals surface area contributed by atoms with Gasteiger partial charge >= 0.3 is 0 Å². The average Bonchev–Trinajstić information content (AvgIpc) is 3.21. The molecule has 4 rings (SSSR count). The molecule has 8 nitrogen and oxygen atoms in total. The van der Waals surface area contributed by atoms with Gasteiger partial charge in [0.25, 0.3) is 10.0 Å². The average molecular weight is 437 g/mol. The standard InChI is InChI=1S/C21H16FN5O3S/c1-3-7-16-14-23-20-11-10-18(25-26(16)20)15-12-19(21(30-2)24-13-15)27(22)31(28,29)17-8-5-4-6-9-17/h4-6,8-14H,1-2H3. The first-order chi connectivity index (χ1) is 15.0. The van der Waals surface area contributed by atoms with Gasteiger partial charge in [-0.15, -0.1) is 0 Å². The molecule has 0 atom stereocenters. The Balaban J connectivity index is 1.82. The number of halogens is 1. The number of rotatable bonds is 5. The summed E-state index contributed by atoms with van der Waals surface area (Å²) in [4.78, 5) is 8.09. The zero-order chi connectivity index (χ0) is 22.0. The maximum absolute atomic E-state index is 15.2. The molecular formula is C21H16FN5O3S. The minimum absolute atomic E-state index is 0.188. The van der Waals surface area contributed by atoms with Crippen LogP contribution in [-0.4, -0.2) is 35.1 Å². The number of aromatic nitrogens is 4. The third kappa shape index (κ3) is 3.67. The van der Waals surface area contributed by atoms with Gasteiger partial charge in [-0.2, -0.15) is 13.5 Å². The van der Waals surface area contributed by atoms with E-state index in [-0.39, 0.29) is 21.0 Å². The summed E-state index contributed by atoms with van der Waals surface area (Å²) in [7, 11) is -3.19. The van der Waals surface area contributed by atoms with Crippen LogP contribution in [0.3, 0.4) is 0 Å². The lowest BCUT2D eigenvalue weighted by atomic mass is 10.2. The van der Waals surface area contributed by atoms with Crippen molar-refractivity contribution in [2.45, 2.75) is 11.8 Å². The fourth-order valence-corrected chi connectivity index (χ4v) is 3.99. The Bertz CT molecular complexity index is 1430. The van der Waals surface area contributed by atoms with E-state index in [0.29, 0.717) is 22.6 Å². The third-order valence-corrected chi connectivity index (χ3v) is 5.86. The molecule has 1 aromatic carbocycles. The normalized spacial score (nSPS) is 11.1. The van der Waals surface area contributed by atoms with Crippen molar-refractivity contribution < 1.29 is 17.6 Å². The van der Waals surface area contributed by atoms with Crippen molar-refractivity contribution in [3.8, 4) is 29.0 Å². The predicted octanol–water partition coefficient (Wildman–Crippen LogP) is 3.25. The molecule has 0 fully saturated rings. The molecule has 3 heterocycles. The molecule has 0 aliphatic heterocycles. The minimum atomic E-state index is -4.47. The number of pyridine rings is 1. The van der Waals surface area contributed by atoms with E-state index >= 15 is 4.48 Å². The largest absolute Gasteiger partial charge is 0.479 e. The van der Waals surface area contributed by atoms with Gasteiger partial charge in [0.05, 0.1) is 23.9 Å². The number of fused-ring (bicyclic) bond motifs is 1. The summed E-state index contributed by atoms with van der Waals surface area (Å²) in [6.07, 6.45) is 3.01. The van der Waals surface area contributed by atoms with Crippen molar-refractivity contribution in [2.24, 2.45) is 0 Å². The van der Waals surface area contributed by atoms with Crippen LogP contribution in [0.4, 0.5) is 10.2 Å². The highest BCUT2D eigenvalue weighted by molar-refractivity contribution is 7.92. The van der Waals surface area contributed by atoms with Gasteiger partial charge < -0.3 is 4.74 Å². The Morgan fingerprint density at radius 3 is 2.58 bits per heavy atom. The van der Waals surface area contributed by atoms with E-state index in [4.69, 9.17) is 4.74 Å². The SMILES string of the molecule is CC#Cc1cnc2ccc(-c3cnc(OC)c(N(F)S(=O)(=O)c4ccccc4)c3)nn12. The maximum atomic E-state index is 15.2. The van der Waals surface area contributed by atoms with E-state index in [2.05, 4.69) is 26.9 Å². The van der Waals surface area contributed by atoms with Gasteiger partial charge in [0.2, 0.25) is 5.88 Å². The summed E-state index contributed by atoms with van der Waals surface area (Å²) in [5.74, 6) is 5.50. The Morgan fingerprint density at radius 2 is 1.87 bits per heavy atom. The quantitative estimate of drug-likeness (QED) is 0.352. The molecule has 0 aliphatic rings. The summed E-state index contributed by atoms with van der Waals surface area (Å²) >= 11 is 0. The van der Waals surface area contributed by atoms with Gasteiger partial charge in [0.15, 0.2) is 5.65 Å². The highest BCUT2D eigenvalue weighted by Gasteiger charge is 2.29. The number of ether oxygens (including phenoxy) is 1. The number of nitrogens with zero attached hydrogens (tertiary/aromatic N) is 5. The lowest BCUT2D eigenvalue weighted by molar-refractivity contribution is 0.391. The van der Waals surface area contributed by atoms with E-state index < -0.39 is 10.0 Å². The van der Waals surface area contributed by atoms with Gasteiger partial charge in [0.1, 0.15) is 11.4 Å². The number of anilines is 1. The number of imidazole rings is 1. The monoisotopic (exact) mass is 437 g/mol. The molecule has 0 unspecified atom stereocenters. The lowest BCUT2D eigenvalue weighted by Gasteiger charge is -2.17. The van der Waals surface area contributed by atoms with Crippen LogP contribution in [0.15, 0.2) is 65.8 Å². The van der Waals surface area contributed by atoms with Gasteiger partial charge in [-0.05, 0) is 43.2 Å². The van der Waals surface area contributed by atoms with Gasteiger partial charge in [0, 0.05) is 11.8 Å². The number of hydrogen-bond donors (Lipinski definition) is 0. The minimum Gasteiger partial charge on any atom is -0.479 e. The van der Waals surface area contributed by atoms with Crippen molar-refractivity contribution in [3.63, 3.8) is 0 Å². The summed E-state index contributed by atoms with van der Waals surface area (Å²) < 4.78 is 46.9. The molecule has 0 radical (unpaired) electrons. The van der Waals surface area contributed by atoms with E-state index in [1.807, 2.05) is 0 Å². The van der Waals surface area contributed by atoms with E-state index in [1.165, 1.54) is 43.6 Å². The molecule has 4 aromatic rings. The Morgan fingerprint density at radius 1 is 1.10 bits per heavy atom. The smallest absolute Gasteiger partial charge is 0.290 e. The van der Waals surface area contributed by atoms with Crippen LogP contribution in [0, 0.1) is 11.8 Å².